The van der Waals surface area contributed by atoms with E-state index in [0.29, 0.717) is 12.5 Å². The number of halogens is 1. The van der Waals surface area contributed by atoms with E-state index in [1.54, 1.807) is 6.08 Å². The first-order valence-corrected chi connectivity index (χ1v) is 7.61. The Labute approximate surface area is 128 Å². The summed E-state index contributed by atoms with van der Waals surface area (Å²) in [4.78, 5) is 10.7. The van der Waals surface area contributed by atoms with Crippen LogP contribution in [0.2, 0.25) is 0 Å². The largest absolute Gasteiger partial charge is 0.492 e. The summed E-state index contributed by atoms with van der Waals surface area (Å²) in [6.45, 7) is 6.92. The highest BCUT2D eigenvalue weighted by Gasteiger charge is 2.10. The van der Waals surface area contributed by atoms with Crippen LogP contribution in [0.1, 0.15) is 37.8 Å². The van der Waals surface area contributed by atoms with Crippen molar-refractivity contribution in [3.63, 3.8) is 0 Å². The number of aliphatic carboxylic acids is 1. The summed E-state index contributed by atoms with van der Waals surface area (Å²) < 4.78 is 6.85. The van der Waals surface area contributed by atoms with E-state index < -0.39 is 5.97 Å². The molecule has 1 N–H and O–H groups in total. The fourth-order valence-electron chi connectivity index (χ4n) is 1.96. The van der Waals surface area contributed by atoms with Crippen LogP contribution in [0.5, 0.6) is 5.75 Å². The van der Waals surface area contributed by atoms with Crippen LogP contribution < -0.4 is 4.74 Å². The van der Waals surface area contributed by atoms with Gasteiger partial charge in [0.2, 0.25) is 0 Å². The second-order valence-electron chi connectivity index (χ2n) is 4.81. The van der Waals surface area contributed by atoms with Gasteiger partial charge in [-0.25, -0.2) is 4.79 Å². The van der Waals surface area contributed by atoms with Crippen LogP contribution in [0, 0.1) is 12.8 Å². The first-order valence-electron chi connectivity index (χ1n) is 6.81. The van der Waals surface area contributed by atoms with E-state index >= 15 is 0 Å². The molecule has 110 valence electrons. The van der Waals surface area contributed by atoms with Crippen molar-refractivity contribution in [3.05, 3.63) is 33.8 Å². The minimum atomic E-state index is -0.964. The smallest absolute Gasteiger partial charge is 0.328 e. The maximum absolute atomic E-state index is 10.7. The highest BCUT2D eigenvalue weighted by molar-refractivity contribution is 9.10. The van der Waals surface area contributed by atoms with Gasteiger partial charge in [-0.3, -0.25) is 0 Å². The molecule has 1 aromatic carbocycles. The molecule has 0 amide bonds. The summed E-state index contributed by atoms with van der Waals surface area (Å²) in [6.07, 6.45) is 4.85. The molecule has 0 bridgehead atoms. The monoisotopic (exact) mass is 340 g/mol. The van der Waals surface area contributed by atoms with Gasteiger partial charge < -0.3 is 9.84 Å². The summed E-state index contributed by atoms with van der Waals surface area (Å²) in [5.74, 6) is 0.320. The average Bonchev–Trinajstić information content (AvgIpc) is 2.39. The molecule has 0 aliphatic carbocycles. The second-order valence-corrected chi connectivity index (χ2v) is 5.72. The Morgan fingerprint density at radius 2 is 2.05 bits per heavy atom. The normalized spacial score (nSPS) is 11.2. The fourth-order valence-corrected chi connectivity index (χ4v) is 2.55. The van der Waals surface area contributed by atoms with Gasteiger partial charge in [0.1, 0.15) is 5.75 Å². The molecule has 20 heavy (non-hydrogen) atoms. The Kier molecular flexibility index (Phi) is 6.79. The highest BCUT2D eigenvalue weighted by Crippen LogP contribution is 2.30. The van der Waals surface area contributed by atoms with Crippen LogP contribution in [0.25, 0.3) is 6.08 Å². The van der Waals surface area contributed by atoms with Crippen molar-refractivity contribution in [2.24, 2.45) is 5.92 Å². The molecule has 0 saturated carbocycles. The first-order chi connectivity index (χ1) is 9.47. The van der Waals surface area contributed by atoms with Crippen molar-refractivity contribution >= 4 is 28.0 Å². The highest BCUT2D eigenvalue weighted by atomic mass is 79.9. The molecule has 0 aliphatic heterocycles. The Morgan fingerprint density at radius 3 is 2.60 bits per heavy atom. The quantitative estimate of drug-likeness (QED) is 0.733. The van der Waals surface area contributed by atoms with Crippen LogP contribution in [-0.2, 0) is 4.79 Å². The molecule has 4 heteroatoms. The minimum Gasteiger partial charge on any atom is -0.492 e. The maximum Gasteiger partial charge on any atom is 0.328 e. The van der Waals surface area contributed by atoms with Gasteiger partial charge in [-0.15, -0.1) is 0 Å². The molecule has 0 saturated heterocycles. The molecular weight excluding hydrogens is 320 g/mol. The van der Waals surface area contributed by atoms with E-state index in [9.17, 15) is 4.79 Å². The first kappa shape index (κ1) is 16.8. The molecule has 1 aromatic rings. The van der Waals surface area contributed by atoms with Gasteiger partial charge in [0.05, 0.1) is 6.61 Å². The zero-order chi connectivity index (χ0) is 15.1. The van der Waals surface area contributed by atoms with Crippen molar-refractivity contribution in [2.75, 3.05) is 6.61 Å². The molecule has 0 fully saturated rings. The minimum absolute atomic E-state index is 0.523. The molecule has 0 aromatic heterocycles. The molecule has 0 atom stereocenters. The van der Waals surface area contributed by atoms with Crippen LogP contribution in [0.15, 0.2) is 22.7 Å². The van der Waals surface area contributed by atoms with Crippen molar-refractivity contribution in [2.45, 2.75) is 33.6 Å². The Morgan fingerprint density at radius 1 is 1.40 bits per heavy atom. The molecule has 3 nitrogen and oxygen atoms in total. The molecule has 0 aliphatic rings. The number of hydrogen-bond acceptors (Lipinski definition) is 2. The lowest BCUT2D eigenvalue weighted by molar-refractivity contribution is -0.131. The summed E-state index contributed by atoms with van der Waals surface area (Å²) >= 11 is 3.42. The van der Waals surface area contributed by atoms with Gasteiger partial charge in [0, 0.05) is 16.1 Å². The number of ether oxygens (including phenoxy) is 1. The topological polar surface area (TPSA) is 46.5 Å². The lowest BCUT2D eigenvalue weighted by atomic mass is 10.0. The SMILES string of the molecule is CCC(CC)COc1c(C)cc(Br)cc1/C=C/C(=O)O. The predicted octanol–water partition coefficient (Wildman–Crippen LogP) is 4.67. The molecule has 1 rings (SSSR count). The Bertz CT molecular complexity index is 491. The Hall–Kier alpha value is -1.29. The van der Waals surface area contributed by atoms with Crippen molar-refractivity contribution in [1.82, 2.24) is 0 Å². The lowest BCUT2D eigenvalue weighted by Gasteiger charge is -2.17. The van der Waals surface area contributed by atoms with Gasteiger partial charge in [-0.05, 0) is 36.6 Å². The van der Waals surface area contributed by atoms with Gasteiger partial charge in [0.25, 0.3) is 0 Å². The number of carboxylic acids is 1. The van der Waals surface area contributed by atoms with Gasteiger partial charge in [-0.2, -0.15) is 0 Å². The lowest BCUT2D eigenvalue weighted by Crippen LogP contribution is -2.11. The standard InChI is InChI=1S/C16H21BrO3/c1-4-12(5-2)10-20-16-11(3)8-14(17)9-13(16)6-7-15(18)19/h6-9,12H,4-5,10H2,1-3H3,(H,18,19)/b7-6+. The van der Waals surface area contributed by atoms with E-state index in [4.69, 9.17) is 9.84 Å². The molecule has 0 heterocycles. The number of hydrogen-bond donors (Lipinski definition) is 1. The van der Waals surface area contributed by atoms with E-state index in [1.165, 1.54) is 0 Å². The summed E-state index contributed by atoms with van der Waals surface area (Å²) in [5.41, 5.74) is 1.78. The molecular formula is C16H21BrO3. The second kappa shape index (κ2) is 8.10. The number of carboxylic acid groups (broad SMARTS) is 1. The molecule has 0 spiro atoms. The zero-order valence-electron chi connectivity index (χ0n) is 12.1. The van der Waals surface area contributed by atoms with E-state index in [-0.39, 0.29) is 0 Å². The number of aryl methyl sites for hydroxylation is 1. The third-order valence-electron chi connectivity index (χ3n) is 3.29. The zero-order valence-corrected chi connectivity index (χ0v) is 13.7. The van der Waals surface area contributed by atoms with Crippen LogP contribution in [-0.4, -0.2) is 17.7 Å². The number of benzene rings is 1. The van der Waals surface area contributed by atoms with E-state index in [1.807, 2.05) is 19.1 Å². The number of carbonyl (C=O) groups is 1. The van der Waals surface area contributed by atoms with Crippen molar-refractivity contribution in [1.29, 1.82) is 0 Å². The molecule has 0 radical (unpaired) electrons. The van der Waals surface area contributed by atoms with Crippen LogP contribution in [0.3, 0.4) is 0 Å². The predicted molar refractivity (Wildman–Crippen MR) is 85.1 cm³/mol. The van der Waals surface area contributed by atoms with E-state index in [2.05, 4.69) is 29.8 Å². The van der Waals surface area contributed by atoms with Crippen molar-refractivity contribution in [3.8, 4) is 5.75 Å². The fraction of sp³-hybridized carbons (Fsp3) is 0.438. The van der Waals surface area contributed by atoms with E-state index in [0.717, 1.165) is 40.3 Å². The summed E-state index contributed by atoms with van der Waals surface area (Å²) in [7, 11) is 0. The maximum atomic E-state index is 10.7. The van der Waals surface area contributed by atoms with Crippen LogP contribution >= 0.6 is 15.9 Å². The average molecular weight is 341 g/mol. The van der Waals surface area contributed by atoms with Gasteiger partial charge in [-0.1, -0.05) is 42.6 Å². The van der Waals surface area contributed by atoms with Gasteiger partial charge >= 0.3 is 5.97 Å². The third-order valence-corrected chi connectivity index (χ3v) is 3.75. The Balaban J connectivity index is 3.00. The number of rotatable bonds is 7. The summed E-state index contributed by atoms with van der Waals surface area (Å²) in [5, 5.41) is 8.76. The van der Waals surface area contributed by atoms with Gasteiger partial charge in [0.15, 0.2) is 0 Å². The molecule has 0 unspecified atom stereocenters. The van der Waals surface area contributed by atoms with Crippen molar-refractivity contribution < 1.29 is 14.6 Å². The van der Waals surface area contributed by atoms with Crippen LogP contribution in [0.4, 0.5) is 0 Å². The summed E-state index contributed by atoms with van der Waals surface area (Å²) in [6, 6.07) is 3.84. The third kappa shape index (κ3) is 5.00.